The highest BCUT2D eigenvalue weighted by Crippen LogP contribution is 2.31. The molecule has 0 aromatic carbocycles. The molecule has 0 unspecified atom stereocenters. The number of pyridine rings is 1. The first-order chi connectivity index (χ1) is 10.7. The van der Waals surface area contributed by atoms with E-state index in [9.17, 15) is 14.9 Å². The van der Waals surface area contributed by atoms with Crippen LogP contribution in [0.15, 0.2) is 16.9 Å². The number of carbonyl (C=O) groups excluding carboxylic acids is 1. The minimum absolute atomic E-state index is 0.0808. The summed E-state index contributed by atoms with van der Waals surface area (Å²) in [5.74, 6) is 0.224. The second kappa shape index (κ2) is 6.69. The fourth-order valence-electron chi connectivity index (χ4n) is 2.16. The van der Waals surface area contributed by atoms with Gasteiger partial charge in [0.2, 0.25) is 0 Å². The predicted molar refractivity (Wildman–Crippen MR) is 88.4 cm³/mol. The largest absolute Gasteiger partial charge is 0.444 e. The number of ether oxygens (including phenoxy) is 1. The first kappa shape index (κ1) is 17.5. The van der Waals surface area contributed by atoms with Crippen molar-refractivity contribution in [3.05, 3.63) is 27.0 Å². The van der Waals surface area contributed by atoms with E-state index in [2.05, 4.69) is 26.2 Å². The predicted octanol–water partition coefficient (Wildman–Crippen LogP) is 3.03. The van der Waals surface area contributed by atoms with E-state index in [0.29, 0.717) is 29.8 Å². The molecule has 2 heterocycles. The van der Waals surface area contributed by atoms with Crippen molar-refractivity contribution in [3.63, 3.8) is 0 Å². The van der Waals surface area contributed by atoms with Crippen molar-refractivity contribution in [1.29, 1.82) is 0 Å². The van der Waals surface area contributed by atoms with E-state index < -0.39 is 10.5 Å². The number of hydrogen-bond acceptors (Lipinski definition) is 6. The first-order valence-electron chi connectivity index (χ1n) is 7.17. The van der Waals surface area contributed by atoms with Crippen molar-refractivity contribution in [2.75, 3.05) is 25.0 Å². The molecule has 1 amide bonds. The quantitative estimate of drug-likeness (QED) is 0.630. The van der Waals surface area contributed by atoms with Gasteiger partial charge in [0.25, 0.3) is 0 Å². The fourth-order valence-corrected chi connectivity index (χ4v) is 2.62. The van der Waals surface area contributed by atoms with Crippen LogP contribution in [0, 0.1) is 16.0 Å². The Labute approximate surface area is 142 Å². The molecule has 0 atom stereocenters. The molecule has 1 aromatic rings. The molecule has 1 aliphatic heterocycles. The summed E-state index contributed by atoms with van der Waals surface area (Å²) in [6.07, 6.45) is 2.38. The van der Waals surface area contributed by atoms with Gasteiger partial charge in [-0.3, -0.25) is 15.1 Å². The maximum absolute atomic E-state index is 11.8. The number of nitrogens with zero attached hydrogens (tertiary/aromatic N) is 3. The third-order valence-corrected chi connectivity index (χ3v) is 3.85. The molecule has 1 aliphatic rings. The lowest BCUT2D eigenvalue weighted by Gasteiger charge is -2.39. The molecule has 0 radical (unpaired) electrons. The Kier molecular flexibility index (Phi) is 5.08. The number of aromatic nitrogens is 1. The summed E-state index contributed by atoms with van der Waals surface area (Å²) in [5, 5.41) is 14.1. The number of hydrogen-bond donors (Lipinski definition) is 1. The Morgan fingerprint density at radius 1 is 1.52 bits per heavy atom. The molecular formula is C14H19BrN4O4. The van der Waals surface area contributed by atoms with Gasteiger partial charge in [0.05, 0.1) is 9.40 Å². The van der Waals surface area contributed by atoms with Gasteiger partial charge < -0.3 is 15.0 Å². The smallest absolute Gasteiger partial charge is 0.410 e. The second-order valence-corrected chi connectivity index (χ2v) is 7.26. The number of nitrogens with one attached hydrogen (secondary N) is 1. The average molecular weight is 387 g/mol. The van der Waals surface area contributed by atoms with E-state index in [1.54, 1.807) is 4.90 Å². The molecule has 23 heavy (non-hydrogen) atoms. The lowest BCUT2D eigenvalue weighted by atomic mass is 10.0. The molecule has 1 N–H and O–H groups in total. The fraction of sp³-hybridized carbons (Fsp3) is 0.571. The van der Waals surface area contributed by atoms with Crippen LogP contribution in [0.3, 0.4) is 0 Å². The lowest BCUT2D eigenvalue weighted by Crippen LogP contribution is -2.53. The molecule has 0 aliphatic carbocycles. The highest BCUT2D eigenvalue weighted by molar-refractivity contribution is 9.10. The van der Waals surface area contributed by atoms with Gasteiger partial charge in [0, 0.05) is 31.7 Å². The molecule has 0 spiro atoms. The topological polar surface area (TPSA) is 97.6 Å². The Balaban J connectivity index is 1.86. The standard InChI is InChI=1S/C14H19BrN4O4/c1-14(2,3)23-13(20)18-7-9(8-18)4-17-12-10(15)5-16-6-11(12)19(21)22/h5-6,9H,4,7-8H2,1-3H3,(H,16,17). The summed E-state index contributed by atoms with van der Waals surface area (Å²) < 4.78 is 5.82. The van der Waals surface area contributed by atoms with Crippen LogP contribution in [-0.4, -0.2) is 46.1 Å². The van der Waals surface area contributed by atoms with E-state index in [0.717, 1.165) is 0 Å². The van der Waals surface area contributed by atoms with Crippen LogP contribution in [0.1, 0.15) is 20.8 Å². The molecule has 1 saturated heterocycles. The monoisotopic (exact) mass is 386 g/mol. The van der Waals surface area contributed by atoms with Crippen LogP contribution < -0.4 is 5.32 Å². The highest BCUT2D eigenvalue weighted by atomic mass is 79.9. The lowest BCUT2D eigenvalue weighted by molar-refractivity contribution is -0.384. The van der Waals surface area contributed by atoms with E-state index >= 15 is 0 Å². The van der Waals surface area contributed by atoms with Gasteiger partial charge >= 0.3 is 11.8 Å². The summed E-state index contributed by atoms with van der Waals surface area (Å²) in [6, 6.07) is 0. The Hall–Kier alpha value is -1.90. The number of rotatable bonds is 4. The van der Waals surface area contributed by atoms with Crippen LogP contribution in [0.2, 0.25) is 0 Å². The number of carbonyl (C=O) groups is 1. The van der Waals surface area contributed by atoms with Gasteiger partial charge in [-0.05, 0) is 36.7 Å². The maximum Gasteiger partial charge on any atom is 0.410 e. The third-order valence-electron chi connectivity index (χ3n) is 3.25. The maximum atomic E-state index is 11.8. The van der Waals surface area contributed by atoms with Crippen molar-refractivity contribution >= 4 is 33.4 Å². The summed E-state index contributed by atoms with van der Waals surface area (Å²) in [5.41, 5.74) is -0.188. The summed E-state index contributed by atoms with van der Waals surface area (Å²) >= 11 is 3.26. The zero-order valence-electron chi connectivity index (χ0n) is 13.2. The van der Waals surface area contributed by atoms with Crippen LogP contribution >= 0.6 is 15.9 Å². The number of likely N-dealkylation sites (tertiary alicyclic amines) is 1. The molecule has 0 bridgehead atoms. The van der Waals surface area contributed by atoms with Crippen molar-refractivity contribution in [2.45, 2.75) is 26.4 Å². The molecular weight excluding hydrogens is 368 g/mol. The van der Waals surface area contributed by atoms with Gasteiger partial charge in [0.1, 0.15) is 17.5 Å². The number of nitro groups is 1. The van der Waals surface area contributed by atoms with Crippen molar-refractivity contribution < 1.29 is 14.5 Å². The second-order valence-electron chi connectivity index (χ2n) is 6.40. The number of amides is 1. The third kappa shape index (κ3) is 4.54. The van der Waals surface area contributed by atoms with Crippen LogP contribution in [-0.2, 0) is 4.74 Å². The molecule has 9 heteroatoms. The van der Waals surface area contributed by atoms with Crippen LogP contribution in [0.5, 0.6) is 0 Å². The number of halogens is 1. The van der Waals surface area contributed by atoms with E-state index in [-0.39, 0.29) is 17.7 Å². The van der Waals surface area contributed by atoms with Gasteiger partial charge in [-0.2, -0.15) is 0 Å². The van der Waals surface area contributed by atoms with Crippen molar-refractivity contribution in [2.24, 2.45) is 5.92 Å². The van der Waals surface area contributed by atoms with E-state index in [1.807, 2.05) is 20.8 Å². The highest BCUT2D eigenvalue weighted by Gasteiger charge is 2.33. The average Bonchev–Trinajstić information content (AvgIpc) is 2.35. The van der Waals surface area contributed by atoms with Gasteiger partial charge in [-0.1, -0.05) is 0 Å². The van der Waals surface area contributed by atoms with Gasteiger partial charge in [-0.25, -0.2) is 4.79 Å². The zero-order chi connectivity index (χ0) is 17.2. The van der Waals surface area contributed by atoms with Crippen LogP contribution in [0.4, 0.5) is 16.2 Å². The molecule has 2 rings (SSSR count). The van der Waals surface area contributed by atoms with Crippen molar-refractivity contribution in [3.8, 4) is 0 Å². The van der Waals surface area contributed by atoms with Gasteiger partial charge in [0.15, 0.2) is 0 Å². The van der Waals surface area contributed by atoms with E-state index in [1.165, 1.54) is 12.4 Å². The van der Waals surface area contributed by atoms with Crippen molar-refractivity contribution in [1.82, 2.24) is 9.88 Å². The SMILES string of the molecule is CC(C)(C)OC(=O)N1CC(CNc2c(Br)cncc2[N+](=O)[O-])C1. The summed E-state index contributed by atoms with van der Waals surface area (Å²) in [4.78, 5) is 27.8. The summed E-state index contributed by atoms with van der Waals surface area (Å²) in [6.45, 7) is 7.14. The number of anilines is 1. The molecule has 1 aromatic heterocycles. The first-order valence-corrected chi connectivity index (χ1v) is 7.96. The Bertz CT molecular complexity index is 611. The van der Waals surface area contributed by atoms with Crippen LogP contribution in [0.25, 0.3) is 0 Å². The zero-order valence-corrected chi connectivity index (χ0v) is 14.8. The normalized spacial score (nSPS) is 15.0. The molecule has 0 saturated carbocycles. The Morgan fingerprint density at radius 2 is 2.17 bits per heavy atom. The van der Waals surface area contributed by atoms with Gasteiger partial charge in [-0.15, -0.1) is 0 Å². The minimum atomic E-state index is -0.511. The molecule has 1 fully saturated rings. The molecule has 8 nitrogen and oxygen atoms in total. The Morgan fingerprint density at radius 3 is 2.74 bits per heavy atom. The molecule has 126 valence electrons. The minimum Gasteiger partial charge on any atom is -0.444 e. The summed E-state index contributed by atoms with van der Waals surface area (Å²) in [7, 11) is 0. The van der Waals surface area contributed by atoms with E-state index in [4.69, 9.17) is 4.74 Å².